The van der Waals surface area contributed by atoms with Crippen LogP contribution in [0.4, 0.5) is 0 Å². The number of hydrogen-bond acceptors (Lipinski definition) is 5. The molecule has 6 heteroatoms. The van der Waals surface area contributed by atoms with Crippen LogP contribution in [-0.4, -0.2) is 30.2 Å². The maximum atomic E-state index is 12.9. The van der Waals surface area contributed by atoms with Crippen LogP contribution in [0.2, 0.25) is 0 Å². The van der Waals surface area contributed by atoms with Crippen molar-refractivity contribution in [2.75, 3.05) is 13.7 Å². The number of carbonyl (C=O) groups is 2. The highest BCUT2D eigenvalue weighted by Crippen LogP contribution is 2.24. The van der Waals surface area contributed by atoms with Crippen molar-refractivity contribution in [3.63, 3.8) is 0 Å². The highest BCUT2D eigenvalue weighted by atomic mass is 16.5. The Morgan fingerprint density at radius 2 is 1.61 bits per heavy atom. The predicted octanol–water partition coefficient (Wildman–Crippen LogP) is 3.57. The van der Waals surface area contributed by atoms with Crippen LogP contribution in [0.3, 0.4) is 0 Å². The summed E-state index contributed by atoms with van der Waals surface area (Å²) in [6.07, 6.45) is 1.49. The lowest BCUT2D eigenvalue weighted by Gasteiger charge is -2.16. The smallest absolute Gasteiger partial charge is 0.343 e. The number of ether oxygens (including phenoxy) is 2. The van der Waals surface area contributed by atoms with Gasteiger partial charge in [-0.25, -0.2) is 9.59 Å². The number of carbonyl (C=O) groups excluding carboxylic acids is 2. The van der Waals surface area contributed by atoms with Crippen molar-refractivity contribution < 1.29 is 19.1 Å². The van der Waals surface area contributed by atoms with E-state index < -0.39 is 11.9 Å². The number of nitrogens with zero attached hydrogens (tertiary/aromatic N) is 1. The zero-order valence-corrected chi connectivity index (χ0v) is 16.2. The molecule has 1 aromatic heterocycles. The normalized spacial score (nSPS) is 10.7. The van der Waals surface area contributed by atoms with Gasteiger partial charge < -0.3 is 14.0 Å². The topological polar surface area (TPSA) is 74.6 Å². The van der Waals surface area contributed by atoms with E-state index in [9.17, 15) is 14.4 Å². The van der Waals surface area contributed by atoms with E-state index in [1.54, 1.807) is 35.8 Å². The second-order valence-corrected chi connectivity index (χ2v) is 6.42. The Morgan fingerprint density at radius 3 is 2.21 bits per heavy atom. The molecule has 144 valence electrons. The molecule has 0 spiro atoms. The van der Waals surface area contributed by atoms with Crippen molar-refractivity contribution in [1.29, 1.82) is 0 Å². The minimum absolute atomic E-state index is 0.0434. The molecule has 6 nitrogen and oxygen atoms in total. The zero-order chi connectivity index (χ0) is 20.4. The molecule has 0 saturated heterocycles. The summed E-state index contributed by atoms with van der Waals surface area (Å²) in [5.74, 6) is -1.09. The van der Waals surface area contributed by atoms with Gasteiger partial charge in [-0.3, -0.25) is 4.79 Å². The molecule has 3 rings (SSSR count). The summed E-state index contributed by atoms with van der Waals surface area (Å²) in [5, 5.41) is 0.470. The van der Waals surface area contributed by atoms with Crippen LogP contribution in [0.5, 0.6) is 0 Å². The Hall–Kier alpha value is -3.41. The van der Waals surface area contributed by atoms with Gasteiger partial charge >= 0.3 is 11.9 Å². The first kappa shape index (κ1) is 19.4. The molecule has 28 heavy (non-hydrogen) atoms. The second kappa shape index (κ2) is 7.68. The third kappa shape index (κ3) is 3.29. The Balaban J connectivity index is 2.30. The Bertz CT molecular complexity index is 1130. The molecule has 0 bridgehead atoms. The van der Waals surface area contributed by atoms with E-state index >= 15 is 0 Å². The van der Waals surface area contributed by atoms with Crippen molar-refractivity contribution in [1.82, 2.24) is 4.57 Å². The SMILES string of the molecule is CCOC(=O)c1ccc(-n2cc(C(=O)OC)c(=O)c3c(C)ccc(C)c32)cc1. The summed E-state index contributed by atoms with van der Waals surface area (Å²) in [7, 11) is 1.24. The molecule has 2 aromatic carbocycles. The van der Waals surface area contributed by atoms with Crippen molar-refractivity contribution in [2.45, 2.75) is 20.8 Å². The van der Waals surface area contributed by atoms with Gasteiger partial charge in [0.15, 0.2) is 0 Å². The molecule has 0 atom stereocenters. The van der Waals surface area contributed by atoms with Crippen LogP contribution in [0, 0.1) is 13.8 Å². The van der Waals surface area contributed by atoms with Crippen LogP contribution in [0.1, 0.15) is 38.8 Å². The van der Waals surface area contributed by atoms with Gasteiger partial charge in [-0.1, -0.05) is 12.1 Å². The van der Waals surface area contributed by atoms with Crippen LogP contribution >= 0.6 is 0 Å². The minimum Gasteiger partial charge on any atom is -0.465 e. The largest absolute Gasteiger partial charge is 0.465 e. The second-order valence-electron chi connectivity index (χ2n) is 6.42. The first-order valence-electron chi connectivity index (χ1n) is 8.90. The number of rotatable bonds is 4. The van der Waals surface area contributed by atoms with Crippen LogP contribution in [0.25, 0.3) is 16.6 Å². The lowest BCUT2D eigenvalue weighted by molar-refractivity contribution is 0.0525. The van der Waals surface area contributed by atoms with Crippen LogP contribution in [-0.2, 0) is 9.47 Å². The van der Waals surface area contributed by atoms with Gasteiger partial charge in [0, 0.05) is 11.9 Å². The third-order valence-corrected chi connectivity index (χ3v) is 4.62. The van der Waals surface area contributed by atoms with Crippen LogP contribution in [0.15, 0.2) is 47.4 Å². The molecule has 0 saturated carbocycles. The van der Waals surface area contributed by atoms with Gasteiger partial charge in [0.1, 0.15) is 5.56 Å². The molecule has 0 aliphatic heterocycles. The van der Waals surface area contributed by atoms with E-state index in [-0.39, 0.29) is 11.0 Å². The Morgan fingerprint density at radius 1 is 0.964 bits per heavy atom. The summed E-state index contributed by atoms with van der Waals surface area (Å²) < 4.78 is 11.6. The van der Waals surface area contributed by atoms with E-state index in [2.05, 4.69) is 0 Å². The standard InChI is InChI=1S/C22H21NO5/c1-5-28-21(25)15-8-10-16(11-9-15)23-12-17(22(26)27-4)20(24)18-13(2)6-7-14(3)19(18)23/h6-12H,5H2,1-4H3. The van der Waals surface area contributed by atoms with Crippen molar-refractivity contribution in [2.24, 2.45) is 0 Å². The molecule has 0 fully saturated rings. The molecule has 0 aliphatic rings. The molecule has 3 aromatic rings. The monoisotopic (exact) mass is 379 g/mol. The maximum absolute atomic E-state index is 12.9. The number of esters is 2. The quantitative estimate of drug-likeness (QED) is 0.648. The number of pyridine rings is 1. The molecular weight excluding hydrogens is 358 g/mol. The van der Waals surface area contributed by atoms with Gasteiger partial charge in [-0.2, -0.15) is 0 Å². The van der Waals surface area contributed by atoms with Crippen molar-refractivity contribution in [3.05, 3.63) is 75.1 Å². The summed E-state index contributed by atoms with van der Waals surface area (Å²) >= 11 is 0. The molecular formula is C22H21NO5. The lowest BCUT2D eigenvalue weighted by atomic mass is 10.0. The first-order valence-corrected chi connectivity index (χ1v) is 8.90. The summed E-state index contributed by atoms with van der Waals surface area (Å²) in [6, 6.07) is 10.6. The number of methoxy groups -OCH3 is 1. The van der Waals surface area contributed by atoms with Crippen LogP contribution < -0.4 is 5.43 Å². The average Bonchev–Trinajstić information content (AvgIpc) is 2.70. The molecule has 0 radical (unpaired) electrons. The Kier molecular flexibility index (Phi) is 5.31. The molecule has 0 unspecified atom stereocenters. The van der Waals surface area contributed by atoms with Gasteiger partial charge in [0.2, 0.25) is 5.43 Å². The zero-order valence-electron chi connectivity index (χ0n) is 16.2. The van der Waals surface area contributed by atoms with Gasteiger partial charge in [0.05, 0.1) is 30.2 Å². The summed E-state index contributed by atoms with van der Waals surface area (Å²) in [5.41, 5.74) is 3.10. The molecule has 0 N–H and O–H groups in total. The highest BCUT2D eigenvalue weighted by molar-refractivity contribution is 5.96. The van der Waals surface area contributed by atoms with Gasteiger partial charge in [-0.15, -0.1) is 0 Å². The van der Waals surface area contributed by atoms with Gasteiger partial charge in [0.25, 0.3) is 0 Å². The fourth-order valence-corrected chi connectivity index (χ4v) is 3.21. The number of aromatic nitrogens is 1. The summed E-state index contributed by atoms with van der Waals surface area (Å²) in [4.78, 5) is 37.0. The number of aryl methyl sites for hydroxylation is 2. The molecule has 1 heterocycles. The fraction of sp³-hybridized carbons (Fsp3) is 0.227. The fourth-order valence-electron chi connectivity index (χ4n) is 3.21. The predicted molar refractivity (Wildman–Crippen MR) is 106 cm³/mol. The van der Waals surface area contributed by atoms with Crippen molar-refractivity contribution >= 4 is 22.8 Å². The molecule has 0 amide bonds. The minimum atomic E-state index is -0.690. The van der Waals surface area contributed by atoms with E-state index in [1.165, 1.54) is 13.3 Å². The van der Waals surface area contributed by atoms with E-state index in [4.69, 9.17) is 9.47 Å². The highest BCUT2D eigenvalue weighted by Gasteiger charge is 2.19. The van der Waals surface area contributed by atoms with E-state index in [1.807, 2.05) is 26.0 Å². The van der Waals surface area contributed by atoms with Gasteiger partial charge in [-0.05, 0) is 56.2 Å². The van der Waals surface area contributed by atoms with Crippen molar-refractivity contribution in [3.8, 4) is 5.69 Å². The lowest BCUT2D eigenvalue weighted by Crippen LogP contribution is -2.21. The van der Waals surface area contributed by atoms with E-state index in [0.717, 1.165) is 11.1 Å². The average molecular weight is 379 g/mol. The summed E-state index contributed by atoms with van der Waals surface area (Å²) in [6.45, 7) is 5.78. The van der Waals surface area contributed by atoms with E-state index in [0.29, 0.717) is 28.8 Å². The number of hydrogen-bond donors (Lipinski definition) is 0. The number of benzene rings is 2. The maximum Gasteiger partial charge on any atom is 0.343 e. The third-order valence-electron chi connectivity index (χ3n) is 4.62. The first-order chi connectivity index (χ1) is 13.4. The molecule has 0 aliphatic carbocycles. The Labute approximate surface area is 162 Å². The number of fused-ring (bicyclic) bond motifs is 1.